The molecule has 2 aromatic rings. The number of aromatic nitrogens is 1. The van der Waals surface area contributed by atoms with Crippen molar-refractivity contribution < 1.29 is 18.0 Å². The summed E-state index contributed by atoms with van der Waals surface area (Å²) in [5, 5.41) is 2.26. The van der Waals surface area contributed by atoms with Crippen LogP contribution < -0.4 is 5.73 Å². The number of nitrogens with two attached hydrogens (primary N) is 1. The molecule has 0 aliphatic heterocycles. The molecule has 24 heavy (non-hydrogen) atoms. The van der Waals surface area contributed by atoms with Gasteiger partial charge >= 0.3 is 6.18 Å². The summed E-state index contributed by atoms with van der Waals surface area (Å²) < 4.78 is 38.6. The molecule has 4 nitrogen and oxygen atoms in total. The summed E-state index contributed by atoms with van der Waals surface area (Å²) in [4.78, 5) is 18.3. The van der Waals surface area contributed by atoms with E-state index in [1.165, 1.54) is 22.3 Å². The Morgan fingerprint density at radius 3 is 2.67 bits per heavy atom. The minimum absolute atomic E-state index is 0.243. The molecular formula is C16H18F3N3OS. The molecular weight excluding hydrogens is 339 g/mol. The van der Waals surface area contributed by atoms with Crippen molar-refractivity contribution in [1.29, 1.82) is 0 Å². The molecule has 2 N–H and O–H groups in total. The summed E-state index contributed by atoms with van der Waals surface area (Å²) in [7, 11) is 0. The molecule has 2 rings (SSSR count). The van der Waals surface area contributed by atoms with Crippen LogP contribution in [-0.2, 0) is 12.7 Å². The summed E-state index contributed by atoms with van der Waals surface area (Å²) in [5.74, 6) is -0.321. The van der Waals surface area contributed by atoms with Gasteiger partial charge in [-0.2, -0.15) is 13.2 Å². The Balaban J connectivity index is 2.28. The second kappa shape index (κ2) is 7.31. The zero-order chi connectivity index (χ0) is 17.9. The quantitative estimate of drug-likeness (QED) is 0.884. The number of carbonyl (C=O) groups is 1. The maximum Gasteiger partial charge on any atom is 0.416 e. The van der Waals surface area contributed by atoms with Gasteiger partial charge in [-0.1, -0.05) is 12.1 Å². The van der Waals surface area contributed by atoms with E-state index in [4.69, 9.17) is 5.73 Å². The number of hydrogen-bond acceptors (Lipinski definition) is 4. The molecule has 1 amide bonds. The van der Waals surface area contributed by atoms with Crippen LogP contribution in [-0.4, -0.2) is 22.3 Å². The van der Waals surface area contributed by atoms with Crippen LogP contribution in [0.1, 0.15) is 46.5 Å². The van der Waals surface area contributed by atoms with E-state index in [0.717, 1.165) is 12.1 Å². The Bertz CT molecular complexity index is 715. The van der Waals surface area contributed by atoms with E-state index in [1.54, 1.807) is 25.3 Å². The lowest BCUT2D eigenvalue weighted by atomic mass is 10.0. The number of hydrogen-bond donors (Lipinski definition) is 1. The average Bonchev–Trinajstić information content (AvgIpc) is 3.03. The molecule has 0 saturated heterocycles. The van der Waals surface area contributed by atoms with Gasteiger partial charge < -0.3 is 10.6 Å². The number of benzene rings is 1. The van der Waals surface area contributed by atoms with Crippen molar-refractivity contribution >= 4 is 17.2 Å². The van der Waals surface area contributed by atoms with Gasteiger partial charge in [-0.3, -0.25) is 4.79 Å². The van der Waals surface area contributed by atoms with Crippen molar-refractivity contribution in [1.82, 2.24) is 9.88 Å². The Hall–Kier alpha value is -1.93. The molecule has 0 bridgehead atoms. The number of amides is 1. The zero-order valence-electron chi connectivity index (χ0n) is 13.3. The molecule has 0 spiro atoms. The summed E-state index contributed by atoms with van der Waals surface area (Å²) >= 11 is 1.29. The molecule has 0 aliphatic carbocycles. The molecule has 0 radical (unpaired) electrons. The normalized spacial score (nSPS) is 12.9. The highest BCUT2D eigenvalue weighted by Gasteiger charge is 2.31. The summed E-state index contributed by atoms with van der Waals surface area (Å²) in [6, 6.07) is 4.52. The molecule has 130 valence electrons. The topological polar surface area (TPSA) is 59.2 Å². The standard InChI is InChI=1S/C16H18F3N3OS/c1-3-22(15(23)13-9-24-14(8-20)21-13)10(2)11-5-4-6-12(7-11)16(17,18)19/h4-7,9-10H,3,8,20H2,1-2H3. The van der Waals surface area contributed by atoms with Crippen LogP contribution in [0.3, 0.4) is 0 Å². The SMILES string of the molecule is CCN(C(=O)c1csc(CN)n1)C(C)c1cccc(C(F)(F)F)c1. The van der Waals surface area contributed by atoms with E-state index in [9.17, 15) is 18.0 Å². The minimum atomic E-state index is -4.41. The van der Waals surface area contributed by atoms with Gasteiger partial charge in [0.2, 0.25) is 0 Å². The molecule has 0 aliphatic rings. The Labute approximate surface area is 142 Å². The number of halogens is 3. The van der Waals surface area contributed by atoms with Gasteiger partial charge in [0, 0.05) is 18.5 Å². The highest BCUT2D eigenvalue weighted by atomic mass is 32.1. The van der Waals surface area contributed by atoms with Crippen LogP contribution in [0.4, 0.5) is 13.2 Å². The lowest BCUT2D eigenvalue weighted by Gasteiger charge is -2.28. The van der Waals surface area contributed by atoms with Crippen molar-refractivity contribution in [2.75, 3.05) is 6.54 Å². The van der Waals surface area contributed by atoms with Crippen LogP contribution in [0.25, 0.3) is 0 Å². The summed E-state index contributed by atoms with van der Waals surface area (Å²) in [5.41, 5.74) is 5.46. The number of carbonyl (C=O) groups excluding carboxylic acids is 1. The third-order valence-corrected chi connectivity index (χ3v) is 4.58. The van der Waals surface area contributed by atoms with E-state index in [2.05, 4.69) is 4.98 Å². The molecule has 1 aromatic heterocycles. The second-order valence-electron chi connectivity index (χ2n) is 5.22. The van der Waals surface area contributed by atoms with E-state index < -0.39 is 17.8 Å². The van der Waals surface area contributed by atoms with Gasteiger partial charge in [0.15, 0.2) is 0 Å². The number of nitrogens with zero attached hydrogens (tertiary/aromatic N) is 2. The minimum Gasteiger partial charge on any atom is -0.331 e. The monoisotopic (exact) mass is 357 g/mol. The first-order valence-corrected chi connectivity index (χ1v) is 8.28. The first-order valence-electron chi connectivity index (χ1n) is 7.40. The number of thiazole rings is 1. The van der Waals surface area contributed by atoms with E-state index in [1.807, 2.05) is 0 Å². The molecule has 0 saturated carbocycles. The maximum atomic E-state index is 12.9. The van der Waals surface area contributed by atoms with Crippen LogP contribution >= 0.6 is 11.3 Å². The van der Waals surface area contributed by atoms with Gasteiger partial charge in [-0.15, -0.1) is 11.3 Å². The fraction of sp³-hybridized carbons (Fsp3) is 0.375. The summed E-state index contributed by atoms with van der Waals surface area (Å²) in [6.07, 6.45) is -4.41. The number of rotatable bonds is 5. The fourth-order valence-corrected chi connectivity index (χ4v) is 3.05. The Kier molecular flexibility index (Phi) is 5.61. The maximum absolute atomic E-state index is 12.9. The molecule has 0 fully saturated rings. The third kappa shape index (κ3) is 3.93. The highest BCUT2D eigenvalue weighted by Crippen LogP contribution is 2.32. The van der Waals surface area contributed by atoms with E-state index >= 15 is 0 Å². The second-order valence-corrected chi connectivity index (χ2v) is 6.16. The molecule has 1 atom stereocenters. The predicted octanol–water partition coefficient (Wildman–Crippen LogP) is 3.84. The average molecular weight is 357 g/mol. The molecule has 8 heteroatoms. The van der Waals surface area contributed by atoms with Gasteiger partial charge in [0.05, 0.1) is 11.6 Å². The van der Waals surface area contributed by atoms with Crippen LogP contribution in [0, 0.1) is 0 Å². The summed E-state index contributed by atoms with van der Waals surface area (Å²) in [6.45, 7) is 4.07. The van der Waals surface area contributed by atoms with Crippen molar-refractivity contribution in [3.05, 3.63) is 51.5 Å². The molecule has 1 unspecified atom stereocenters. The number of alkyl halides is 3. The smallest absolute Gasteiger partial charge is 0.331 e. The van der Waals surface area contributed by atoms with Gasteiger partial charge in [-0.05, 0) is 31.5 Å². The Morgan fingerprint density at radius 2 is 2.12 bits per heavy atom. The van der Waals surface area contributed by atoms with Crippen LogP contribution in [0.15, 0.2) is 29.6 Å². The van der Waals surface area contributed by atoms with Crippen molar-refractivity contribution in [3.63, 3.8) is 0 Å². The van der Waals surface area contributed by atoms with Crippen LogP contribution in [0.5, 0.6) is 0 Å². The zero-order valence-corrected chi connectivity index (χ0v) is 14.1. The largest absolute Gasteiger partial charge is 0.416 e. The van der Waals surface area contributed by atoms with Gasteiger partial charge in [0.1, 0.15) is 10.7 Å². The van der Waals surface area contributed by atoms with Crippen LogP contribution in [0.2, 0.25) is 0 Å². The van der Waals surface area contributed by atoms with Crippen molar-refractivity contribution in [2.24, 2.45) is 5.73 Å². The van der Waals surface area contributed by atoms with Crippen molar-refractivity contribution in [2.45, 2.75) is 32.6 Å². The lowest BCUT2D eigenvalue weighted by molar-refractivity contribution is -0.137. The molecule has 1 aromatic carbocycles. The first kappa shape index (κ1) is 18.4. The van der Waals surface area contributed by atoms with Crippen molar-refractivity contribution in [3.8, 4) is 0 Å². The third-order valence-electron chi connectivity index (χ3n) is 3.71. The van der Waals surface area contributed by atoms with E-state index in [0.29, 0.717) is 17.1 Å². The molecule has 1 heterocycles. The van der Waals surface area contributed by atoms with E-state index in [-0.39, 0.29) is 18.1 Å². The fourth-order valence-electron chi connectivity index (χ4n) is 2.40. The Morgan fingerprint density at radius 1 is 1.42 bits per heavy atom. The van der Waals surface area contributed by atoms with Gasteiger partial charge in [-0.25, -0.2) is 4.98 Å². The lowest BCUT2D eigenvalue weighted by Crippen LogP contribution is -2.33. The first-order chi connectivity index (χ1) is 11.3. The van der Waals surface area contributed by atoms with Gasteiger partial charge in [0.25, 0.3) is 5.91 Å². The predicted molar refractivity (Wildman–Crippen MR) is 86.6 cm³/mol. The highest BCUT2D eigenvalue weighted by molar-refractivity contribution is 7.09.